The van der Waals surface area contributed by atoms with Crippen molar-refractivity contribution in [3.8, 4) is 5.75 Å². The molecule has 2 fully saturated rings. The SMILES string of the molecule is OCc1cc(OC2CCOC3(CCC3)C2)ccc1Br. The monoisotopic (exact) mass is 326 g/mol. The average Bonchev–Trinajstić information content (AvgIpc) is 2.39. The fourth-order valence-corrected chi connectivity index (χ4v) is 3.31. The maximum Gasteiger partial charge on any atom is 0.120 e. The Morgan fingerprint density at radius 1 is 1.42 bits per heavy atom. The fraction of sp³-hybridized carbons (Fsp3) is 0.600. The number of halogens is 1. The smallest absolute Gasteiger partial charge is 0.120 e. The summed E-state index contributed by atoms with van der Waals surface area (Å²) in [5.74, 6) is 0.841. The van der Waals surface area contributed by atoms with E-state index in [1.165, 1.54) is 19.3 Å². The molecule has 0 bridgehead atoms. The summed E-state index contributed by atoms with van der Waals surface area (Å²) in [4.78, 5) is 0. The van der Waals surface area contributed by atoms with Gasteiger partial charge in [0.1, 0.15) is 11.9 Å². The van der Waals surface area contributed by atoms with Crippen LogP contribution in [0.15, 0.2) is 22.7 Å². The van der Waals surface area contributed by atoms with Crippen LogP contribution in [-0.2, 0) is 11.3 Å². The van der Waals surface area contributed by atoms with E-state index in [2.05, 4.69) is 15.9 Å². The van der Waals surface area contributed by atoms with Crippen molar-refractivity contribution in [1.29, 1.82) is 0 Å². The Hall–Kier alpha value is -0.580. The third-order valence-corrected chi connectivity index (χ3v) is 4.98. The van der Waals surface area contributed by atoms with Crippen molar-refractivity contribution >= 4 is 15.9 Å². The highest BCUT2D eigenvalue weighted by Crippen LogP contribution is 2.43. The van der Waals surface area contributed by atoms with Crippen molar-refractivity contribution in [3.63, 3.8) is 0 Å². The van der Waals surface area contributed by atoms with Gasteiger partial charge in [-0.25, -0.2) is 0 Å². The van der Waals surface area contributed by atoms with Gasteiger partial charge in [0.2, 0.25) is 0 Å². The molecule has 1 aromatic rings. The number of aliphatic hydroxyl groups excluding tert-OH is 1. The molecule has 0 amide bonds. The zero-order valence-corrected chi connectivity index (χ0v) is 12.5. The van der Waals surface area contributed by atoms with E-state index >= 15 is 0 Å². The fourth-order valence-electron chi connectivity index (χ4n) is 2.94. The van der Waals surface area contributed by atoms with E-state index < -0.39 is 0 Å². The van der Waals surface area contributed by atoms with Crippen LogP contribution in [0.5, 0.6) is 5.75 Å². The highest BCUT2D eigenvalue weighted by atomic mass is 79.9. The van der Waals surface area contributed by atoms with Crippen molar-refractivity contribution in [2.75, 3.05) is 6.61 Å². The number of rotatable bonds is 3. The molecule has 1 saturated heterocycles. The first kappa shape index (κ1) is 13.4. The number of benzene rings is 1. The Bertz CT molecular complexity index is 457. The molecule has 1 heterocycles. The molecule has 1 saturated carbocycles. The Labute approximate surface area is 122 Å². The Kier molecular flexibility index (Phi) is 3.83. The standard InChI is InChI=1S/C15H19BrO3/c16-14-3-2-12(8-11(14)10-17)19-13-4-7-18-15(9-13)5-1-6-15/h2-3,8,13,17H,1,4-7,9-10H2. The van der Waals surface area contributed by atoms with Crippen LogP contribution in [0.3, 0.4) is 0 Å². The first-order valence-electron chi connectivity index (χ1n) is 6.91. The van der Waals surface area contributed by atoms with Crippen LogP contribution in [0.25, 0.3) is 0 Å². The first-order valence-corrected chi connectivity index (χ1v) is 7.70. The van der Waals surface area contributed by atoms with Gasteiger partial charge in [-0.2, -0.15) is 0 Å². The lowest BCUT2D eigenvalue weighted by Gasteiger charge is -2.46. The van der Waals surface area contributed by atoms with Crippen LogP contribution >= 0.6 is 15.9 Å². The van der Waals surface area contributed by atoms with E-state index in [1.54, 1.807) is 0 Å². The molecule has 1 atom stereocenters. The van der Waals surface area contributed by atoms with E-state index in [0.29, 0.717) is 0 Å². The van der Waals surface area contributed by atoms with Crippen molar-refractivity contribution in [3.05, 3.63) is 28.2 Å². The normalized spacial score (nSPS) is 25.1. The summed E-state index contributed by atoms with van der Waals surface area (Å²) < 4.78 is 12.9. The predicted molar refractivity (Wildman–Crippen MR) is 76.2 cm³/mol. The van der Waals surface area contributed by atoms with Crippen LogP contribution < -0.4 is 4.74 Å². The predicted octanol–water partition coefficient (Wildman–Crippen LogP) is 3.42. The molecule has 1 aliphatic carbocycles. The minimum absolute atomic E-state index is 0.0233. The average molecular weight is 327 g/mol. The summed E-state index contributed by atoms with van der Waals surface area (Å²) in [6.45, 7) is 0.823. The molecule has 1 aliphatic heterocycles. The summed E-state index contributed by atoms with van der Waals surface area (Å²) in [6, 6.07) is 5.79. The quantitative estimate of drug-likeness (QED) is 0.924. The zero-order valence-electron chi connectivity index (χ0n) is 10.9. The van der Waals surface area contributed by atoms with Crippen LogP contribution in [0.1, 0.15) is 37.7 Å². The van der Waals surface area contributed by atoms with Gasteiger partial charge in [0.05, 0.1) is 18.8 Å². The highest BCUT2D eigenvalue weighted by molar-refractivity contribution is 9.10. The Morgan fingerprint density at radius 3 is 2.95 bits per heavy atom. The minimum Gasteiger partial charge on any atom is -0.490 e. The molecule has 1 N–H and O–H groups in total. The minimum atomic E-state index is 0.0233. The summed E-state index contributed by atoms with van der Waals surface area (Å²) in [7, 11) is 0. The van der Waals surface area contributed by atoms with Crippen molar-refractivity contribution in [1.82, 2.24) is 0 Å². The van der Waals surface area contributed by atoms with Gasteiger partial charge in [-0.1, -0.05) is 15.9 Å². The van der Waals surface area contributed by atoms with Gasteiger partial charge < -0.3 is 14.6 Å². The third kappa shape index (κ3) is 2.81. The van der Waals surface area contributed by atoms with Crippen molar-refractivity contribution < 1.29 is 14.6 Å². The lowest BCUT2D eigenvalue weighted by molar-refractivity contribution is -0.153. The number of hydrogen-bond donors (Lipinski definition) is 1. The number of ether oxygens (including phenoxy) is 2. The summed E-state index contributed by atoms with van der Waals surface area (Å²) in [6.07, 6.45) is 5.81. The Morgan fingerprint density at radius 2 is 2.26 bits per heavy atom. The lowest BCUT2D eigenvalue weighted by Crippen LogP contribution is -2.48. The van der Waals surface area contributed by atoms with Crippen LogP contribution in [0.2, 0.25) is 0 Å². The van der Waals surface area contributed by atoms with Crippen LogP contribution in [-0.4, -0.2) is 23.4 Å². The zero-order chi connectivity index (χ0) is 13.3. The van der Waals surface area contributed by atoms with E-state index in [9.17, 15) is 5.11 Å². The van der Waals surface area contributed by atoms with Gasteiger partial charge in [-0.05, 0) is 43.0 Å². The molecule has 3 rings (SSSR count). The van der Waals surface area contributed by atoms with Crippen LogP contribution in [0.4, 0.5) is 0 Å². The molecule has 0 aromatic heterocycles. The molecular weight excluding hydrogens is 308 g/mol. The molecule has 4 heteroatoms. The maximum absolute atomic E-state index is 9.27. The van der Waals surface area contributed by atoms with Gasteiger partial charge >= 0.3 is 0 Å². The van der Waals surface area contributed by atoms with E-state index in [0.717, 1.165) is 35.2 Å². The number of hydrogen-bond acceptors (Lipinski definition) is 3. The van der Waals surface area contributed by atoms with Gasteiger partial charge in [0, 0.05) is 17.3 Å². The largest absolute Gasteiger partial charge is 0.490 e. The Balaban J connectivity index is 1.67. The highest BCUT2D eigenvalue weighted by Gasteiger charge is 2.43. The summed E-state index contributed by atoms with van der Waals surface area (Å²) >= 11 is 3.42. The van der Waals surface area contributed by atoms with E-state index in [-0.39, 0.29) is 18.3 Å². The molecule has 2 aliphatic rings. The lowest BCUT2D eigenvalue weighted by atomic mass is 9.74. The molecule has 0 radical (unpaired) electrons. The second kappa shape index (κ2) is 5.43. The van der Waals surface area contributed by atoms with E-state index in [1.807, 2.05) is 18.2 Å². The second-order valence-corrected chi connectivity index (χ2v) is 6.38. The number of aliphatic hydroxyl groups is 1. The molecule has 1 spiro atoms. The molecule has 3 nitrogen and oxygen atoms in total. The third-order valence-electron chi connectivity index (χ3n) is 4.20. The first-order chi connectivity index (χ1) is 9.21. The molecule has 1 unspecified atom stereocenters. The van der Waals surface area contributed by atoms with Crippen LogP contribution in [0, 0.1) is 0 Å². The van der Waals surface area contributed by atoms with E-state index in [4.69, 9.17) is 9.47 Å². The second-order valence-electron chi connectivity index (χ2n) is 5.53. The molecule has 19 heavy (non-hydrogen) atoms. The van der Waals surface area contributed by atoms with Gasteiger partial charge in [0.25, 0.3) is 0 Å². The molecular formula is C15H19BrO3. The maximum atomic E-state index is 9.27. The molecule has 1 aromatic carbocycles. The van der Waals surface area contributed by atoms with Gasteiger partial charge in [0.15, 0.2) is 0 Å². The topological polar surface area (TPSA) is 38.7 Å². The van der Waals surface area contributed by atoms with Crippen molar-refractivity contribution in [2.24, 2.45) is 0 Å². The van der Waals surface area contributed by atoms with Crippen molar-refractivity contribution in [2.45, 2.75) is 50.4 Å². The van der Waals surface area contributed by atoms with Gasteiger partial charge in [-0.3, -0.25) is 0 Å². The summed E-state index contributed by atoms with van der Waals surface area (Å²) in [5.41, 5.74) is 0.973. The summed E-state index contributed by atoms with van der Waals surface area (Å²) in [5, 5.41) is 9.27. The molecule has 104 valence electrons. The van der Waals surface area contributed by atoms with Gasteiger partial charge in [-0.15, -0.1) is 0 Å².